The molecule has 0 radical (unpaired) electrons. The summed E-state index contributed by atoms with van der Waals surface area (Å²) in [6.45, 7) is 3.39. The first kappa shape index (κ1) is 16.5. The van der Waals surface area contributed by atoms with Gasteiger partial charge < -0.3 is 10.5 Å². The number of nitrogens with two attached hydrogens (primary N) is 1. The number of rotatable bonds is 5. The molecule has 118 valence electrons. The molecule has 1 aliphatic rings. The van der Waals surface area contributed by atoms with Gasteiger partial charge in [-0.3, -0.25) is 0 Å². The van der Waals surface area contributed by atoms with Crippen molar-refractivity contribution in [3.63, 3.8) is 0 Å². The number of nitrogen functional groups attached to an aromatic ring is 1. The van der Waals surface area contributed by atoms with E-state index in [1.54, 1.807) is 6.92 Å². The molecule has 1 fully saturated rings. The van der Waals surface area contributed by atoms with Crippen molar-refractivity contribution in [1.29, 1.82) is 0 Å². The molecule has 1 aromatic rings. The van der Waals surface area contributed by atoms with Crippen LogP contribution in [0.15, 0.2) is 17.0 Å². The number of benzene rings is 1. The van der Waals surface area contributed by atoms with Gasteiger partial charge in [-0.2, -0.15) is 4.31 Å². The molecule has 8 heteroatoms. The van der Waals surface area contributed by atoms with Crippen molar-refractivity contribution in [2.75, 3.05) is 32.0 Å². The molecule has 0 aromatic heterocycles. The highest BCUT2D eigenvalue weighted by Gasteiger charge is 2.30. The summed E-state index contributed by atoms with van der Waals surface area (Å²) in [5.41, 5.74) is 5.18. The van der Waals surface area contributed by atoms with Gasteiger partial charge in [0.2, 0.25) is 10.0 Å². The molecule has 0 bridgehead atoms. The van der Waals surface area contributed by atoms with E-state index in [2.05, 4.69) is 0 Å². The molecule has 2 rings (SSSR count). The number of ether oxygens (including phenoxy) is 1. The van der Waals surface area contributed by atoms with E-state index >= 15 is 0 Å². The van der Waals surface area contributed by atoms with Crippen LogP contribution >= 0.6 is 11.6 Å². The first-order valence-electron chi connectivity index (χ1n) is 6.68. The van der Waals surface area contributed by atoms with Crippen molar-refractivity contribution in [1.82, 2.24) is 4.31 Å². The van der Waals surface area contributed by atoms with E-state index in [1.807, 2.05) is 0 Å². The van der Waals surface area contributed by atoms with E-state index in [-0.39, 0.29) is 23.2 Å². The molecule has 0 amide bonds. The lowest BCUT2D eigenvalue weighted by atomic mass is 10.1. The van der Waals surface area contributed by atoms with Crippen LogP contribution in [-0.2, 0) is 14.8 Å². The Morgan fingerprint density at radius 1 is 1.52 bits per heavy atom. The molecule has 1 aromatic carbocycles. The highest BCUT2D eigenvalue weighted by atomic mass is 35.5. The molecule has 1 atom stereocenters. The number of hydrogen-bond donors (Lipinski definition) is 1. The maximum absolute atomic E-state index is 14.1. The number of hydrogen-bond acceptors (Lipinski definition) is 4. The summed E-state index contributed by atoms with van der Waals surface area (Å²) in [4.78, 5) is -0.478. The molecule has 1 saturated heterocycles. The fraction of sp³-hybridized carbons (Fsp3) is 0.538. The van der Waals surface area contributed by atoms with Gasteiger partial charge in [-0.05, 0) is 24.5 Å². The predicted octanol–water partition coefficient (Wildman–Crippen LogP) is 2.11. The SMILES string of the molecule is CCN(CC1CCOC1)S(=O)(=O)c1cc(Cl)cc(N)c1F. The van der Waals surface area contributed by atoms with Gasteiger partial charge in [0.05, 0.1) is 12.3 Å². The summed E-state index contributed by atoms with van der Waals surface area (Å²) in [7, 11) is -3.98. The largest absolute Gasteiger partial charge is 0.396 e. The van der Waals surface area contributed by atoms with Crippen LogP contribution < -0.4 is 5.73 Å². The third-order valence-electron chi connectivity index (χ3n) is 3.49. The Hall–Kier alpha value is -0.890. The fourth-order valence-corrected chi connectivity index (χ4v) is 4.26. The Morgan fingerprint density at radius 2 is 2.24 bits per heavy atom. The van der Waals surface area contributed by atoms with Gasteiger partial charge in [0.15, 0.2) is 5.82 Å². The normalized spacial score (nSPS) is 19.3. The van der Waals surface area contributed by atoms with Crippen molar-refractivity contribution in [2.24, 2.45) is 5.92 Å². The first-order chi connectivity index (χ1) is 9.86. The highest BCUT2D eigenvalue weighted by Crippen LogP contribution is 2.28. The van der Waals surface area contributed by atoms with E-state index < -0.39 is 20.7 Å². The second-order valence-corrected chi connectivity index (χ2v) is 7.34. The second-order valence-electron chi connectivity index (χ2n) is 4.99. The van der Waals surface area contributed by atoms with Gasteiger partial charge >= 0.3 is 0 Å². The zero-order valence-electron chi connectivity index (χ0n) is 11.7. The average molecular weight is 337 g/mol. The summed E-state index contributed by atoms with van der Waals surface area (Å²) in [5.74, 6) is -0.833. The molecule has 0 aliphatic carbocycles. The standard InChI is InChI=1S/C13H18ClFN2O3S/c1-2-17(7-9-3-4-20-8-9)21(18,19)12-6-10(14)5-11(16)13(12)15/h5-6,9H,2-4,7-8,16H2,1H3. The Balaban J connectivity index is 2.34. The number of sulfonamides is 1. The van der Waals surface area contributed by atoms with E-state index in [4.69, 9.17) is 22.1 Å². The zero-order chi connectivity index (χ0) is 15.6. The topological polar surface area (TPSA) is 72.6 Å². The lowest BCUT2D eigenvalue weighted by molar-refractivity contribution is 0.180. The molecule has 1 aliphatic heterocycles. The van der Waals surface area contributed by atoms with Gasteiger partial charge in [-0.1, -0.05) is 18.5 Å². The molecule has 0 spiro atoms. The lowest BCUT2D eigenvalue weighted by Crippen LogP contribution is -2.36. The minimum absolute atomic E-state index is 0.0905. The van der Waals surface area contributed by atoms with Crippen LogP contribution in [0.5, 0.6) is 0 Å². The third-order valence-corrected chi connectivity index (χ3v) is 5.65. The molecule has 1 unspecified atom stereocenters. The molecule has 0 saturated carbocycles. The highest BCUT2D eigenvalue weighted by molar-refractivity contribution is 7.89. The molecule has 2 N–H and O–H groups in total. The first-order valence-corrected chi connectivity index (χ1v) is 8.50. The van der Waals surface area contributed by atoms with E-state index in [0.29, 0.717) is 19.8 Å². The lowest BCUT2D eigenvalue weighted by Gasteiger charge is -2.23. The van der Waals surface area contributed by atoms with Gasteiger partial charge in [0, 0.05) is 24.7 Å². The minimum atomic E-state index is -3.98. The van der Waals surface area contributed by atoms with Crippen LogP contribution in [0.1, 0.15) is 13.3 Å². The Morgan fingerprint density at radius 3 is 2.81 bits per heavy atom. The molecular weight excluding hydrogens is 319 g/mol. The van der Waals surface area contributed by atoms with E-state index in [0.717, 1.165) is 12.5 Å². The molecule has 5 nitrogen and oxygen atoms in total. The van der Waals surface area contributed by atoms with Gasteiger partial charge in [-0.15, -0.1) is 0 Å². The van der Waals surface area contributed by atoms with Crippen LogP contribution in [-0.4, -0.2) is 39.0 Å². The van der Waals surface area contributed by atoms with Crippen molar-refractivity contribution >= 4 is 27.3 Å². The quantitative estimate of drug-likeness (QED) is 0.836. The summed E-state index contributed by atoms with van der Waals surface area (Å²) in [6.07, 6.45) is 0.798. The number of halogens is 2. The molecule has 21 heavy (non-hydrogen) atoms. The predicted molar refractivity (Wildman–Crippen MR) is 79.2 cm³/mol. The summed E-state index contributed by atoms with van der Waals surface area (Å²) < 4.78 is 45.8. The Bertz CT molecular complexity index is 618. The van der Waals surface area contributed by atoms with Crippen LogP contribution in [0.2, 0.25) is 5.02 Å². The smallest absolute Gasteiger partial charge is 0.246 e. The number of nitrogens with zero attached hydrogens (tertiary/aromatic N) is 1. The van der Waals surface area contributed by atoms with Gasteiger partial charge in [0.25, 0.3) is 0 Å². The van der Waals surface area contributed by atoms with Crippen LogP contribution in [0, 0.1) is 11.7 Å². The van der Waals surface area contributed by atoms with Gasteiger partial charge in [-0.25, -0.2) is 12.8 Å². The minimum Gasteiger partial charge on any atom is -0.396 e. The maximum atomic E-state index is 14.1. The average Bonchev–Trinajstić information content (AvgIpc) is 2.92. The summed E-state index contributed by atoms with van der Waals surface area (Å²) >= 11 is 5.80. The second kappa shape index (κ2) is 6.48. The third kappa shape index (κ3) is 3.48. The van der Waals surface area contributed by atoms with Crippen LogP contribution in [0.4, 0.5) is 10.1 Å². The van der Waals surface area contributed by atoms with Crippen LogP contribution in [0.3, 0.4) is 0 Å². The monoisotopic (exact) mass is 336 g/mol. The molecular formula is C13H18ClFN2O3S. The van der Waals surface area contributed by atoms with Gasteiger partial charge in [0.1, 0.15) is 4.90 Å². The van der Waals surface area contributed by atoms with Crippen molar-refractivity contribution in [2.45, 2.75) is 18.2 Å². The van der Waals surface area contributed by atoms with Crippen molar-refractivity contribution < 1.29 is 17.5 Å². The Kier molecular flexibility index (Phi) is 5.08. The molecule has 1 heterocycles. The summed E-state index contributed by atoms with van der Waals surface area (Å²) in [5, 5.41) is 0.0905. The van der Waals surface area contributed by atoms with Crippen LogP contribution in [0.25, 0.3) is 0 Å². The van der Waals surface area contributed by atoms with Crippen molar-refractivity contribution in [3.8, 4) is 0 Å². The van der Waals surface area contributed by atoms with E-state index in [9.17, 15) is 12.8 Å². The zero-order valence-corrected chi connectivity index (χ0v) is 13.3. The van der Waals surface area contributed by atoms with Crippen molar-refractivity contribution in [3.05, 3.63) is 23.0 Å². The fourth-order valence-electron chi connectivity index (χ4n) is 2.32. The summed E-state index contributed by atoms with van der Waals surface area (Å²) in [6, 6.07) is 2.29. The maximum Gasteiger partial charge on any atom is 0.246 e. The Labute approximate surface area is 128 Å². The number of anilines is 1. The van der Waals surface area contributed by atoms with E-state index in [1.165, 1.54) is 10.4 Å².